The smallest absolute Gasteiger partial charge is 0.246 e. The molecule has 7 N–H and O–H groups in total. The molecule has 0 heterocycles. The summed E-state index contributed by atoms with van der Waals surface area (Å²) in [6.45, 7) is 3.07. The quantitative estimate of drug-likeness (QED) is 0.0491. The van der Waals surface area contributed by atoms with Gasteiger partial charge in [-0.3, -0.25) is 44.8 Å². The number of amides is 5. The second kappa shape index (κ2) is 24.0. The lowest BCUT2D eigenvalue weighted by Crippen LogP contribution is -2.31. The summed E-state index contributed by atoms with van der Waals surface area (Å²) in [7, 11) is 0. The summed E-state index contributed by atoms with van der Waals surface area (Å²) >= 11 is 0. The molecule has 232 valence electrons. The number of hydroxylamine groups is 6. The van der Waals surface area contributed by atoms with Crippen LogP contribution in [0.4, 0.5) is 0 Å². The minimum atomic E-state index is -0.545. The Labute approximate surface area is 235 Å². The maximum Gasteiger partial charge on any atom is 0.246 e. The number of nitrogens with zero attached hydrogens (tertiary/aromatic N) is 3. The van der Waals surface area contributed by atoms with Crippen molar-refractivity contribution in [3.05, 3.63) is 0 Å². The summed E-state index contributed by atoms with van der Waals surface area (Å²) < 4.78 is 0. The first-order valence-electron chi connectivity index (χ1n) is 13.9. The zero-order valence-electron chi connectivity index (χ0n) is 23.6. The highest BCUT2D eigenvalue weighted by Crippen LogP contribution is 2.02. The number of hydrogen-bond donors (Lipinski definition) is 7. The van der Waals surface area contributed by atoms with E-state index >= 15 is 0 Å². The van der Waals surface area contributed by atoms with Crippen molar-refractivity contribution in [3.8, 4) is 0 Å². The monoisotopic (exact) mass is 576 g/mol. The van der Waals surface area contributed by atoms with Crippen LogP contribution < -0.4 is 16.0 Å². The van der Waals surface area contributed by atoms with Gasteiger partial charge in [0.15, 0.2) is 0 Å². The standard InChI is InChI=1S/C25H48N6O9/c1-21(32)29(37)18-8-2-5-16-28-24(35)13-14-25(36)30(38)19-9-3-6-15-26-22(33)11-12-23(34)27-17-7-4-10-20-31(39)40/h37-40H,2-20H2,1H3,(H,26,33)(H,27,34)(H,28,35). The normalized spacial score (nSPS) is 10.8. The van der Waals surface area contributed by atoms with E-state index in [0.29, 0.717) is 74.7 Å². The van der Waals surface area contributed by atoms with Crippen LogP contribution in [0, 0.1) is 0 Å². The molecule has 40 heavy (non-hydrogen) atoms. The fraction of sp³-hybridized carbons (Fsp3) is 0.800. The molecule has 0 unspecified atom stereocenters. The molecule has 0 fully saturated rings. The van der Waals surface area contributed by atoms with Gasteiger partial charge < -0.3 is 16.0 Å². The van der Waals surface area contributed by atoms with Crippen LogP contribution >= 0.6 is 0 Å². The molecule has 0 aromatic carbocycles. The number of rotatable bonds is 24. The lowest BCUT2D eigenvalue weighted by molar-refractivity contribution is -0.306. The first-order valence-corrected chi connectivity index (χ1v) is 13.9. The van der Waals surface area contributed by atoms with Crippen molar-refractivity contribution in [2.24, 2.45) is 0 Å². The van der Waals surface area contributed by atoms with E-state index < -0.39 is 11.8 Å². The van der Waals surface area contributed by atoms with Gasteiger partial charge in [-0.15, -0.1) is 0 Å². The number of nitrogens with one attached hydrogen (secondary N) is 3. The zero-order chi connectivity index (χ0) is 30.2. The molecular weight excluding hydrogens is 528 g/mol. The van der Waals surface area contributed by atoms with Gasteiger partial charge in [0, 0.05) is 65.3 Å². The number of hydrogen-bond acceptors (Lipinski definition) is 10. The molecule has 0 aliphatic rings. The molecule has 0 aliphatic carbocycles. The molecule has 0 aromatic heterocycles. The van der Waals surface area contributed by atoms with E-state index in [9.17, 15) is 34.4 Å². The molecule has 0 rings (SSSR count). The van der Waals surface area contributed by atoms with Crippen molar-refractivity contribution in [2.75, 3.05) is 39.3 Å². The summed E-state index contributed by atoms with van der Waals surface area (Å²) in [5, 5.41) is 45.8. The van der Waals surface area contributed by atoms with Crippen LogP contribution in [0.5, 0.6) is 0 Å². The molecule has 0 bridgehead atoms. The Hall–Kier alpha value is -2.85. The molecular formula is C25H48N6O9. The Balaban J connectivity index is 3.67. The summed E-state index contributed by atoms with van der Waals surface area (Å²) in [6, 6.07) is 0. The van der Waals surface area contributed by atoms with Gasteiger partial charge in [-0.05, 0) is 51.4 Å². The van der Waals surface area contributed by atoms with Gasteiger partial charge in [-0.2, -0.15) is 0 Å². The molecule has 0 saturated carbocycles. The Kier molecular flexibility index (Phi) is 22.3. The predicted molar refractivity (Wildman–Crippen MR) is 142 cm³/mol. The van der Waals surface area contributed by atoms with Crippen molar-refractivity contribution < 1.29 is 44.8 Å². The van der Waals surface area contributed by atoms with Gasteiger partial charge in [0.25, 0.3) is 0 Å². The predicted octanol–water partition coefficient (Wildman–Crippen LogP) is 0.942. The third kappa shape index (κ3) is 23.1. The summed E-state index contributed by atoms with van der Waals surface area (Å²) in [5.41, 5.74) is 0. The van der Waals surface area contributed by atoms with Crippen LogP contribution in [0.1, 0.15) is 90.4 Å². The third-order valence-corrected chi connectivity index (χ3v) is 5.89. The van der Waals surface area contributed by atoms with Gasteiger partial charge in [-0.25, -0.2) is 10.1 Å². The molecule has 0 aromatic rings. The van der Waals surface area contributed by atoms with Crippen molar-refractivity contribution in [1.29, 1.82) is 0 Å². The zero-order valence-corrected chi connectivity index (χ0v) is 23.6. The van der Waals surface area contributed by atoms with E-state index in [1.165, 1.54) is 6.92 Å². The first-order chi connectivity index (χ1) is 19.0. The van der Waals surface area contributed by atoms with E-state index in [0.717, 1.165) is 12.8 Å². The Bertz CT molecular complexity index is 754. The van der Waals surface area contributed by atoms with Crippen molar-refractivity contribution in [2.45, 2.75) is 90.4 Å². The van der Waals surface area contributed by atoms with Crippen LogP contribution in [0.25, 0.3) is 0 Å². The van der Waals surface area contributed by atoms with Crippen LogP contribution in [0.3, 0.4) is 0 Å². The van der Waals surface area contributed by atoms with Gasteiger partial charge in [0.05, 0.1) is 6.54 Å². The molecule has 0 spiro atoms. The molecule has 15 heteroatoms. The summed E-state index contributed by atoms with van der Waals surface area (Å²) in [6.07, 6.45) is 5.87. The fourth-order valence-electron chi connectivity index (χ4n) is 3.49. The van der Waals surface area contributed by atoms with Crippen LogP contribution in [-0.4, -0.2) is 105 Å². The highest BCUT2D eigenvalue weighted by atomic mass is 16.8. The van der Waals surface area contributed by atoms with Crippen molar-refractivity contribution in [1.82, 2.24) is 31.3 Å². The minimum Gasteiger partial charge on any atom is -0.356 e. The summed E-state index contributed by atoms with van der Waals surface area (Å²) in [5.74, 6) is -1.71. The van der Waals surface area contributed by atoms with Gasteiger partial charge in [0.2, 0.25) is 29.5 Å². The molecule has 0 radical (unpaired) electrons. The van der Waals surface area contributed by atoms with Crippen molar-refractivity contribution in [3.63, 3.8) is 0 Å². The Morgan fingerprint density at radius 3 is 1.27 bits per heavy atom. The lowest BCUT2D eigenvalue weighted by atomic mass is 10.2. The topological polar surface area (TPSA) is 212 Å². The number of carbonyl (C=O) groups excluding carboxylic acids is 5. The van der Waals surface area contributed by atoms with E-state index in [-0.39, 0.29) is 68.3 Å². The third-order valence-electron chi connectivity index (χ3n) is 5.89. The lowest BCUT2D eigenvalue weighted by Gasteiger charge is -2.15. The molecule has 0 atom stereocenters. The van der Waals surface area contributed by atoms with Gasteiger partial charge in [0.1, 0.15) is 0 Å². The number of unbranched alkanes of at least 4 members (excludes halogenated alkanes) is 6. The number of carbonyl (C=O) groups is 5. The maximum atomic E-state index is 12.0. The van der Waals surface area contributed by atoms with E-state index in [1.807, 2.05) is 0 Å². The largest absolute Gasteiger partial charge is 0.356 e. The summed E-state index contributed by atoms with van der Waals surface area (Å²) in [4.78, 5) is 58.3. The highest BCUT2D eigenvalue weighted by molar-refractivity contribution is 5.84. The second-order valence-corrected chi connectivity index (χ2v) is 9.49. The Morgan fingerprint density at radius 1 is 0.500 bits per heavy atom. The highest BCUT2D eigenvalue weighted by Gasteiger charge is 2.13. The van der Waals surface area contributed by atoms with Crippen LogP contribution in [0.2, 0.25) is 0 Å². The molecule has 5 amide bonds. The molecule has 15 nitrogen and oxygen atoms in total. The maximum absolute atomic E-state index is 12.0. The Morgan fingerprint density at radius 2 is 0.875 bits per heavy atom. The van der Waals surface area contributed by atoms with Crippen LogP contribution in [-0.2, 0) is 24.0 Å². The molecule has 0 aliphatic heterocycles. The average Bonchev–Trinajstić information content (AvgIpc) is 2.91. The SMILES string of the molecule is CC(=O)N(O)CCCCCNC(=O)CCC(=O)N(O)CCCCCNC(=O)CCC(=O)NCCCCCN(O)O. The van der Waals surface area contributed by atoms with E-state index in [4.69, 9.17) is 10.4 Å². The van der Waals surface area contributed by atoms with E-state index in [2.05, 4.69) is 16.0 Å². The first kappa shape index (κ1) is 37.1. The second-order valence-electron chi connectivity index (χ2n) is 9.49. The average molecular weight is 577 g/mol. The van der Waals surface area contributed by atoms with Crippen LogP contribution in [0.15, 0.2) is 0 Å². The fourth-order valence-corrected chi connectivity index (χ4v) is 3.49. The molecule has 0 saturated heterocycles. The van der Waals surface area contributed by atoms with Crippen molar-refractivity contribution >= 4 is 29.5 Å². The minimum absolute atomic E-state index is 0.0389. The van der Waals surface area contributed by atoms with Gasteiger partial charge >= 0.3 is 0 Å². The van der Waals surface area contributed by atoms with E-state index in [1.54, 1.807) is 0 Å². The van der Waals surface area contributed by atoms with Gasteiger partial charge in [-0.1, -0.05) is 11.6 Å².